The Morgan fingerprint density at radius 2 is 1.42 bits per heavy atom. The molecule has 3 fully saturated rings. The summed E-state index contributed by atoms with van der Waals surface area (Å²) in [4.78, 5) is 0. The second-order valence-corrected chi connectivity index (χ2v) is 11.3. The van der Waals surface area contributed by atoms with Gasteiger partial charge in [0.15, 0.2) is 0 Å². The summed E-state index contributed by atoms with van der Waals surface area (Å²) in [6.45, 7) is 5.20. The van der Waals surface area contributed by atoms with Crippen molar-refractivity contribution in [1.29, 1.82) is 10.5 Å². The first-order valence-electron chi connectivity index (χ1n) is 14.3. The van der Waals surface area contributed by atoms with Gasteiger partial charge in [0.2, 0.25) is 0 Å². The minimum absolute atomic E-state index is 0.0926. The lowest BCUT2D eigenvalue weighted by molar-refractivity contribution is 0.0304. The molecule has 0 spiro atoms. The maximum Gasteiger partial charge on any atom is 0.119 e. The standard InChI is InChI=1S/C33H42N2O/c1-3-5-7-16-32-17-20-33(21-18-32,22-19-32)31-15-12-27(29(24-34)30(31)25-35)11-8-26-9-13-28(14-10-26)36-23-6-4-2/h9-10,12-15H,3-8,11,16-23H2,1-2H3. The zero-order valence-corrected chi connectivity index (χ0v) is 22.4. The summed E-state index contributed by atoms with van der Waals surface area (Å²) in [5.41, 5.74) is 5.26. The topological polar surface area (TPSA) is 56.8 Å². The summed E-state index contributed by atoms with van der Waals surface area (Å²) >= 11 is 0. The molecule has 190 valence electrons. The number of nitrogens with zero attached hydrogens (tertiary/aromatic N) is 2. The fourth-order valence-electron chi connectivity index (χ4n) is 6.70. The Bertz CT molecular complexity index is 1080. The zero-order valence-electron chi connectivity index (χ0n) is 22.4. The molecule has 3 nitrogen and oxygen atoms in total. The van der Waals surface area contributed by atoms with Crippen molar-refractivity contribution in [2.24, 2.45) is 5.41 Å². The summed E-state index contributed by atoms with van der Waals surface area (Å²) in [7, 11) is 0. The summed E-state index contributed by atoms with van der Waals surface area (Å²) in [6.07, 6.45) is 16.5. The highest BCUT2D eigenvalue weighted by Gasteiger charge is 2.49. The molecule has 2 bridgehead atoms. The molecule has 3 aliphatic carbocycles. The average Bonchev–Trinajstić information content (AvgIpc) is 2.93. The van der Waals surface area contributed by atoms with E-state index in [1.165, 1.54) is 69.8 Å². The predicted molar refractivity (Wildman–Crippen MR) is 146 cm³/mol. The molecular formula is C33H42N2O. The van der Waals surface area contributed by atoms with Crippen LogP contribution in [0.1, 0.15) is 119 Å². The van der Waals surface area contributed by atoms with Crippen LogP contribution in [0.2, 0.25) is 0 Å². The normalized spacial score (nSPS) is 22.7. The van der Waals surface area contributed by atoms with Crippen molar-refractivity contribution in [3.05, 3.63) is 64.2 Å². The smallest absolute Gasteiger partial charge is 0.119 e. The number of unbranched alkanes of at least 4 members (excludes halogenated alkanes) is 3. The minimum atomic E-state index is 0.0926. The van der Waals surface area contributed by atoms with Gasteiger partial charge in [0, 0.05) is 0 Å². The Hall–Kier alpha value is -2.78. The van der Waals surface area contributed by atoms with E-state index in [0.717, 1.165) is 49.2 Å². The van der Waals surface area contributed by atoms with E-state index in [0.29, 0.717) is 16.5 Å². The van der Waals surface area contributed by atoms with Gasteiger partial charge in [0.1, 0.15) is 17.9 Å². The lowest BCUT2D eigenvalue weighted by Gasteiger charge is -2.54. The molecule has 5 rings (SSSR count). The van der Waals surface area contributed by atoms with Crippen molar-refractivity contribution >= 4 is 0 Å². The van der Waals surface area contributed by atoms with E-state index in [1.54, 1.807) is 0 Å². The van der Waals surface area contributed by atoms with Crippen LogP contribution in [0.25, 0.3) is 0 Å². The van der Waals surface area contributed by atoms with Crippen LogP contribution in [0.4, 0.5) is 0 Å². The molecule has 0 saturated heterocycles. The SMILES string of the molecule is CCCCCC12CCC(c3ccc(CCc4ccc(OCCCC)cc4)c(C#N)c3C#N)(CC1)CC2. The maximum absolute atomic E-state index is 10.2. The number of nitriles is 2. The van der Waals surface area contributed by atoms with Crippen molar-refractivity contribution in [2.45, 2.75) is 109 Å². The fraction of sp³-hybridized carbons (Fsp3) is 0.576. The predicted octanol–water partition coefficient (Wildman–Crippen LogP) is 8.57. The summed E-state index contributed by atoms with van der Waals surface area (Å²) in [5, 5.41) is 20.3. The average molecular weight is 483 g/mol. The van der Waals surface area contributed by atoms with E-state index in [2.05, 4.69) is 50.3 Å². The second kappa shape index (κ2) is 12.0. The third-order valence-electron chi connectivity index (χ3n) is 9.17. The van der Waals surface area contributed by atoms with Crippen LogP contribution in [-0.2, 0) is 18.3 Å². The van der Waals surface area contributed by atoms with Gasteiger partial charge < -0.3 is 4.74 Å². The molecule has 0 radical (unpaired) electrons. The van der Waals surface area contributed by atoms with E-state index in [-0.39, 0.29) is 5.41 Å². The Balaban J connectivity index is 1.46. The highest BCUT2D eigenvalue weighted by atomic mass is 16.5. The van der Waals surface area contributed by atoms with Gasteiger partial charge in [-0.3, -0.25) is 0 Å². The molecule has 0 amide bonds. The molecule has 0 aromatic heterocycles. The molecule has 0 aliphatic heterocycles. The number of benzene rings is 2. The van der Waals surface area contributed by atoms with Crippen molar-refractivity contribution in [2.75, 3.05) is 6.61 Å². The molecule has 0 heterocycles. The van der Waals surface area contributed by atoms with Gasteiger partial charge in [-0.25, -0.2) is 0 Å². The molecule has 3 saturated carbocycles. The lowest BCUT2D eigenvalue weighted by Crippen LogP contribution is -2.44. The number of ether oxygens (including phenoxy) is 1. The van der Waals surface area contributed by atoms with Gasteiger partial charge in [-0.05, 0) is 104 Å². The molecular weight excluding hydrogens is 440 g/mol. The van der Waals surface area contributed by atoms with E-state index in [1.807, 2.05) is 12.1 Å². The quantitative estimate of drug-likeness (QED) is 0.285. The van der Waals surface area contributed by atoms with Crippen LogP contribution >= 0.6 is 0 Å². The van der Waals surface area contributed by atoms with Crippen LogP contribution in [0.3, 0.4) is 0 Å². The molecule has 0 N–H and O–H groups in total. The molecule has 2 aromatic carbocycles. The van der Waals surface area contributed by atoms with E-state index in [4.69, 9.17) is 4.74 Å². The molecule has 0 atom stereocenters. The summed E-state index contributed by atoms with van der Waals surface area (Å²) in [6, 6.07) is 17.5. The lowest BCUT2D eigenvalue weighted by atomic mass is 9.50. The third kappa shape index (κ3) is 5.62. The van der Waals surface area contributed by atoms with E-state index >= 15 is 0 Å². The van der Waals surface area contributed by atoms with Gasteiger partial charge in [-0.2, -0.15) is 10.5 Å². The number of rotatable bonds is 12. The Morgan fingerprint density at radius 3 is 2.03 bits per heavy atom. The van der Waals surface area contributed by atoms with Gasteiger partial charge in [0.05, 0.1) is 17.7 Å². The van der Waals surface area contributed by atoms with Crippen molar-refractivity contribution in [3.8, 4) is 17.9 Å². The Kier molecular flexibility index (Phi) is 8.74. The third-order valence-corrected chi connectivity index (χ3v) is 9.17. The number of hydrogen-bond donors (Lipinski definition) is 0. The van der Waals surface area contributed by atoms with Gasteiger partial charge in [0.25, 0.3) is 0 Å². The fourth-order valence-corrected chi connectivity index (χ4v) is 6.70. The number of aryl methyl sites for hydroxylation is 2. The minimum Gasteiger partial charge on any atom is -0.494 e. The van der Waals surface area contributed by atoms with Gasteiger partial charge in [-0.1, -0.05) is 63.8 Å². The van der Waals surface area contributed by atoms with Crippen molar-refractivity contribution in [1.82, 2.24) is 0 Å². The van der Waals surface area contributed by atoms with Gasteiger partial charge >= 0.3 is 0 Å². The highest BCUT2D eigenvalue weighted by molar-refractivity contribution is 5.57. The van der Waals surface area contributed by atoms with Crippen molar-refractivity contribution in [3.63, 3.8) is 0 Å². The second-order valence-electron chi connectivity index (χ2n) is 11.3. The Labute approximate surface area is 218 Å². The Morgan fingerprint density at radius 1 is 0.750 bits per heavy atom. The van der Waals surface area contributed by atoms with Crippen LogP contribution in [-0.4, -0.2) is 6.61 Å². The zero-order chi connectivity index (χ0) is 25.4. The van der Waals surface area contributed by atoms with Crippen LogP contribution in [0.5, 0.6) is 5.75 Å². The van der Waals surface area contributed by atoms with Crippen LogP contribution in [0.15, 0.2) is 36.4 Å². The van der Waals surface area contributed by atoms with E-state index in [9.17, 15) is 10.5 Å². The first kappa shape index (κ1) is 26.3. The van der Waals surface area contributed by atoms with E-state index < -0.39 is 0 Å². The highest BCUT2D eigenvalue weighted by Crippen LogP contribution is 2.60. The molecule has 0 unspecified atom stereocenters. The molecule has 2 aromatic rings. The molecule has 3 aliphatic rings. The maximum atomic E-state index is 10.2. The first-order chi connectivity index (χ1) is 17.6. The monoisotopic (exact) mass is 482 g/mol. The number of fused-ring (bicyclic) bond motifs is 3. The molecule has 36 heavy (non-hydrogen) atoms. The number of hydrogen-bond acceptors (Lipinski definition) is 3. The summed E-state index contributed by atoms with van der Waals surface area (Å²) in [5.74, 6) is 0.912. The largest absolute Gasteiger partial charge is 0.494 e. The van der Waals surface area contributed by atoms with Gasteiger partial charge in [-0.15, -0.1) is 0 Å². The summed E-state index contributed by atoms with van der Waals surface area (Å²) < 4.78 is 5.78. The molecule has 3 heteroatoms. The first-order valence-corrected chi connectivity index (χ1v) is 14.3. The van der Waals surface area contributed by atoms with Crippen molar-refractivity contribution < 1.29 is 4.74 Å². The van der Waals surface area contributed by atoms with Crippen LogP contribution < -0.4 is 4.74 Å². The van der Waals surface area contributed by atoms with Crippen LogP contribution in [0, 0.1) is 28.1 Å².